The molecule has 3 aromatic carbocycles. The number of ether oxygens (including phenoxy) is 1. The normalized spacial score (nSPS) is 14.4. The predicted molar refractivity (Wildman–Crippen MR) is 157 cm³/mol. The van der Waals surface area contributed by atoms with Crippen molar-refractivity contribution in [2.45, 2.75) is 51.2 Å². The van der Waals surface area contributed by atoms with Gasteiger partial charge in [-0.1, -0.05) is 54.8 Å². The summed E-state index contributed by atoms with van der Waals surface area (Å²) in [6.45, 7) is 1.28. The van der Waals surface area contributed by atoms with E-state index in [0.717, 1.165) is 41.8 Å². The number of rotatable bonds is 11. The quantitative estimate of drug-likeness (QED) is 0.327. The van der Waals surface area contributed by atoms with Crippen molar-refractivity contribution >= 4 is 39.1 Å². The van der Waals surface area contributed by atoms with Crippen LogP contribution in [-0.4, -0.2) is 50.0 Å². The number of sulfonamides is 1. The van der Waals surface area contributed by atoms with Crippen LogP contribution in [0, 0.1) is 0 Å². The van der Waals surface area contributed by atoms with Crippen LogP contribution in [0.2, 0.25) is 5.02 Å². The largest absolute Gasteiger partial charge is 0.457 e. The average Bonchev–Trinajstić information content (AvgIpc) is 3.43. The van der Waals surface area contributed by atoms with Crippen molar-refractivity contribution in [3.05, 3.63) is 89.4 Å². The summed E-state index contributed by atoms with van der Waals surface area (Å²) in [6.07, 6.45) is 4.98. The van der Waals surface area contributed by atoms with Gasteiger partial charge in [0.05, 0.1) is 11.9 Å². The maximum Gasteiger partial charge on any atom is 0.244 e. The van der Waals surface area contributed by atoms with Crippen LogP contribution in [0.15, 0.2) is 78.9 Å². The number of halogens is 1. The second-order valence-corrected chi connectivity index (χ2v) is 12.3. The molecule has 10 heteroatoms. The Morgan fingerprint density at radius 1 is 0.975 bits per heavy atom. The molecule has 0 bridgehead atoms. The first kappa shape index (κ1) is 29.4. The second kappa shape index (κ2) is 13.2. The molecule has 0 aromatic heterocycles. The van der Waals surface area contributed by atoms with E-state index >= 15 is 0 Å². The molecule has 3 aromatic rings. The first-order valence-corrected chi connectivity index (χ1v) is 15.5. The second-order valence-electron chi connectivity index (χ2n) is 10.00. The number of carbonyl (C=O) groups excluding carboxylic acids is 2. The molecular weight excluding hydrogens is 550 g/mol. The van der Waals surface area contributed by atoms with Gasteiger partial charge in [-0.2, -0.15) is 0 Å². The van der Waals surface area contributed by atoms with E-state index in [2.05, 4.69) is 5.32 Å². The standard InChI is InChI=1S/C30H34ClN3O5S/c1-22(30(36)32-25-11-6-7-12-25)33(20-23-9-8-10-24(31)19-23)29(35)21-34(40(2,37)38)26-15-17-28(18-16-26)39-27-13-4-3-5-14-27/h3-5,8-10,13-19,22,25H,6-7,11-12,20-21H2,1-2H3,(H,32,36). The Bertz CT molecular complexity index is 1410. The van der Waals surface area contributed by atoms with Gasteiger partial charge in [0, 0.05) is 17.6 Å². The number of amides is 2. The first-order valence-electron chi connectivity index (χ1n) is 13.2. The van der Waals surface area contributed by atoms with Gasteiger partial charge < -0.3 is 15.0 Å². The third kappa shape index (κ3) is 7.99. The molecule has 1 aliphatic rings. The molecule has 2 amide bonds. The fraction of sp³-hybridized carbons (Fsp3) is 0.333. The van der Waals surface area contributed by atoms with Gasteiger partial charge in [-0.3, -0.25) is 13.9 Å². The van der Waals surface area contributed by atoms with Crippen LogP contribution in [0.5, 0.6) is 11.5 Å². The number of hydrogen-bond donors (Lipinski definition) is 1. The Morgan fingerprint density at radius 3 is 2.25 bits per heavy atom. The van der Waals surface area contributed by atoms with E-state index in [1.807, 2.05) is 36.4 Å². The third-order valence-corrected chi connectivity index (χ3v) is 8.27. The van der Waals surface area contributed by atoms with E-state index in [-0.39, 0.29) is 18.5 Å². The molecule has 1 saturated carbocycles. The van der Waals surface area contributed by atoms with Crippen molar-refractivity contribution in [1.82, 2.24) is 10.2 Å². The van der Waals surface area contributed by atoms with Crippen LogP contribution < -0.4 is 14.4 Å². The lowest BCUT2D eigenvalue weighted by Crippen LogP contribution is -2.52. The van der Waals surface area contributed by atoms with Crippen LogP contribution in [-0.2, 0) is 26.2 Å². The molecule has 1 N–H and O–H groups in total. The van der Waals surface area contributed by atoms with Gasteiger partial charge >= 0.3 is 0 Å². The van der Waals surface area contributed by atoms with Crippen molar-refractivity contribution in [3.63, 3.8) is 0 Å². The van der Waals surface area contributed by atoms with E-state index < -0.39 is 28.5 Å². The van der Waals surface area contributed by atoms with E-state index in [9.17, 15) is 18.0 Å². The molecule has 0 heterocycles. The summed E-state index contributed by atoms with van der Waals surface area (Å²) in [5.41, 5.74) is 1.04. The molecule has 0 aliphatic heterocycles. The molecule has 0 radical (unpaired) electrons. The van der Waals surface area contributed by atoms with Gasteiger partial charge in [0.25, 0.3) is 0 Å². The SMILES string of the molecule is CC(C(=O)NC1CCCC1)N(Cc1cccc(Cl)c1)C(=O)CN(c1ccc(Oc2ccccc2)cc1)S(C)(=O)=O. The fourth-order valence-electron chi connectivity index (χ4n) is 4.73. The summed E-state index contributed by atoms with van der Waals surface area (Å²) < 4.78 is 32.5. The smallest absolute Gasteiger partial charge is 0.244 e. The third-order valence-electron chi connectivity index (χ3n) is 6.89. The van der Waals surface area contributed by atoms with Crippen LogP contribution >= 0.6 is 11.6 Å². The highest BCUT2D eigenvalue weighted by Gasteiger charge is 2.31. The summed E-state index contributed by atoms with van der Waals surface area (Å²) in [5.74, 6) is 0.390. The number of anilines is 1. The van der Waals surface area contributed by atoms with Gasteiger partial charge in [-0.15, -0.1) is 0 Å². The number of benzene rings is 3. The minimum atomic E-state index is -3.84. The summed E-state index contributed by atoms with van der Waals surface area (Å²) in [4.78, 5) is 28.3. The van der Waals surface area contributed by atoms with E-state index in [1.165, 1.54) is 4.90 Å². The number of nitrogens with zero attached hydrogens (tertiary/aromatic N) is 2. The summed E-state index contributed by atoms with van der Waals surface area (Å²) in [6, 6.07) is 22.0. The van der Waals surface area contributed by atoms with Gasteiger partial charge in [0.2, 0.25) is 21.8 Å². The van der Waals surface area contributed by atoms with E-state index in [1.54, 1.807) is 49.4 Å². The van der Waals surface area contributed by atoms with E-state index in [0.29, 0.717) is 22.2 Å². The highest BCUT2D eigenvalue weighted by molar-refractivity contribution is 7.92. The zero-order chi connectivity index (χ0) is 28.7. The topological polar surface area (TPSA) is 96.0 Å². The monoisotopic (exact) mass is 583 g/mol. The molecule has 1 atom stereocenters. The molecule has 0 saturated heterocycles. The van der Waals surface area contributed by atoms with Crippen LogP contribution in [0.25, 0.3) is 0 Å². The maximum absolute atomic E-state index is 13.7. The minimum absolute atomic E-state index is 0.0854. The Hall–Kier alpha value is -3.56. The van der Waals surface area contributed by atoms with Gasteiger partial charge in [0.15, 0.2) is 0 Å². The molecule has 1 unspecified atom stereocenters. The van der Waals surface area contributed by atoms with Crippen molar-refractivity contribution in [1.29, 1.82) is 0 Å². The Morgan fingerprint density at radius 2 is 1.62 bits per heavy atom. The summed E-state index contributed by atoms with van der Waals surface area (Å²) in [5, 5.41) is 3.55. The Kier molecular flexibility index (Phi) is 9.71. The number of hydrogen-bond acceptors (Lipinski definition) is 5. The van der Waals surface area contributed by atoms with Gasteiger partial charge in [-0.05, 0) is 73.9 Å². The van der Waals surface area contributed by atoms with Gasteiger partial charge in [-0.25, -0.2) is 8.42 Å². The van der Waals surface area contributed by atoms with Crippen molar-refractivity contribution in [2.24, 2.45) is 0 Å². The van der Waals surface area contributed by atoms with E-state index in [4.69, 9.17) is 16.3 Å². The zero-order valence-electron chi connectivity index (χ0n) is 22.6. The molecule has 1 fully saturated rings. The molecule has 0 spiro atoms. The highest BCUT2D eigenvalue weighted by atomic mass is 35.5. The lowest BCUT2D eigenvalue weighted by Gasteiger charge is -2.32. The maximum atomic E-state index is 13.7. The van der Waals surface area contributed by atoms with Crippen LogP contribution in [0.3, 0.4) is 0 Å². The molecule has 1 aliphatic carbocycles. The summed E-state index contributed by atoms with van der Waals surface area (Å²) >= 11 is 6.17. The Labute approximate surface area is 240 Å². The summed E-state index contributed by atoms with van der Waals surface area (Å²) in [7, 11) is -3.84. The molecule has 212 valence electrons. The van der Waals surface area contributed by atoms with Crippen molar-refractivity contribution in [3.8, 4) is 11.5 Å². The van der Waals surface area contributed by atoms with Crippen molar-refractivity contribution < 1.29 is 22.7 Å². The van der Waals surface area contributed by atoms with Crippen LogP contribution in [0.4, 0.5) is 5.69 Å². The Balaban J connectivity index is 1.55. The molecule has 4 rings (SSSR count). The number of nitrogens with one attached hydrogen (secondary N) is 1. The predicted octanol–water partition coefficient (Wildman–Crippen LogP) is 5.37. The zero-order valence-corrected chi connectivity index (χ0v) is 24.2. The van der Waals surface area contributed by atoms with Crippen LogP contribution in [0.1, 0.15) is 38.2 Å². The average molecular weight is 584 g/mol. The molecule has 40 heavy (non-hydrogen) atoms. The molecular formula is C30H34ClN3O5S. The molecule has 8 nitrogen and oxygen atoms in total. The lowest BCUT2D eigenvalue weighted by atomic mass is 10.1. The van der Waals surface area contributed by atoms with Crippen molar-refractivity contribution in [2.75, 3.05) is 17.1 Å². The number of para-hydroxylation sites is 1. The first-order chi connectivity index (χ1) is 19.1. The lowest BCUT2D eigenvalue weighted by molar-refractivity contribution is -0.139. The highest BCUT2D eigenvalue weighted by Crippen LogP contribution is 2.26. The fourth-order valence-corrected chi connectivity index (χ4v) is 5.79. The number of carbonyl (C=O) groups is 2. The van der Waals surface area contributed by atoms with Gasteiger partial charge in [0.1, 0.15) is 24.1 Å². The minimum Gasteiger partial charge on any atom is -0.457 e.